The number of carboxylic acids is 1. The molecule has 0 aromatic heterocycles. The third-order valence-corrected chi connectivity index (χ3v) is 3.59. The minimum absolute atomic E-state index is 0.0261. The lowest BCUT2D eigenvalue weighted by atomic mass is 9.86. The van der Waals surface area contributed by atoms with Gasteiger partial charge in [0.1, 0.15) is 5.60 Å². The molecule has 1 saturated heterocycles. The van der Waals surface area contributed by atoms with Crippen LogP contribution in [-0.2, 0) is 9.53 Å². The van der Waals surface area contributed by atoms with E-state index in [1.807, 2.05) is 0 Å². The van der Waals surface area contributed by atoms with Crippen LogP contribution in [0.5, 0.6) is 0 Å². The summed E-state index contributed by atoms with van der Waals surface area (Å²) in [5, 5.41) is 9.28. The molecule has 2 unspecified atom stereocenters. The van der Waals surface area contributed by atoms with E-state index >= 15 is 0 Å². The normalized spacial score (nSPS) is 25.1. The van der Waals surface area contributed by atoms with E-state index in [-0.39, 0.29) is 6.54 Å². The molecule has 22 heavy (non-hydrogen) atoms. The number of carbonyl (C=O) groups excluding carboxylic acids is 1. The van der Waals surface area contributed by atoms with Crippen LogP contribution >= 0.6 is 0 Å². The molecule has 0 aliphatic carbocycles. The summed E-state index contributed by atoms with van der Waals surface area (Å²) < 4.78 is 20.2. The zero-order valence-corrected chi connectivity index (χ0v) is 12.9. The van der Waals surface area contributed by atoms with Gasteiger partial charge in [-0.25, -0.2) is 14.0 Å². The lowest BCUT2D eigenvalue weighted by Gasteiger charge is -2.24. The van der Waals surface area contributed by atoms with E-state index in [0.29, 0.717) is 5.56 Å². The minimum atomic E-state index is -2.52. The van der Waals surface area contributed by atoms with Gasteiger partial charge in [0.2, 0.25) is 5.67 Å². The molecule has 1 fully saturated rings. The van der Waals surface area contributed by atoms with Gasteiger partial charge in [-0.15, -0.1) is 0 Å². The highest BCUT2D eigenvalue weighted by atomic mass is 19.1. The quantitative estimate of drug-likeness (QED) is 0.912. The number of nitrogens with zero attached hydrogens (tertiary/aromatic N) is 1. The highest BCUT2D eigenvalue weighted by Crippen LogP contribution is 2.39. The van der Waals surface area contributed by atoms with Crippen molar-refractivity contribution >= 4 is 12.1 Å². The molecule has 1 aromatic rings. The highest BCUT2D eigenvalue weighted by Gasteiger charge is 2.55. The van der Waals surface area contributed by atoms with Crippen LogP contribution in [0, 0.1) is 0 Å². The van der Waals surface area contributed by atoms with Crippen LogP contribution in [0.25, 0.3) is 0 Å². The number of alkyl halides is 1. The number of amides is 1. The number of hydrogen-bond acceptors (Lipinski definition) is 3. The van der Waals surface area contributed by atoms with Crippen LogP contribution in [0.1, 0.15) is 32.3 Å². The summed E-state index contributed by atoms with van der Waals surface area (Å²) in [6.07, 6.45) is -0.700. The summed E-state index contributed by atoms with van der Waals surface area (Å²) in [5.41, 5.74) is -2.68. The predicted molar refractivity (Wildman–Crippen MR) is 78.5 cm³/mol. The third-order valence-electron chi connectivity index (χ3n) is 3.59. The molecular formula is C16H20FNO4. The molecule has 1 heterocycles. The van der Waals surface area contributed by atoms with E-state index in [0.717, 1.165) is 4.90 Å². The fourth-order valence-electron chi connectivity index (χ4n) is 2.55. The lowest BCUT2D eigenvalue weighted by Crippen LogP contribution is -2.42. The van der Waals surface area contributed by atoms with Crippen molar-refractivity contribution in [1.29, 1.82) is 0 Å². The fourth-order valence-corrected chi connectivity index (χ4v) is 2.55. The Hall–Kier alpha value is -2.11. The number of aliphatic carboxylic acids is 1. The van der Waals surface area contributed by atoms with Crippen molar-refractivity contribution in [2.45, 2.75) is 38.0 Å². The molecule has 120 valence electrons. The maximum Gasteiger partial charge on any atom is 0.410 e. The molecule has 0 radical (unpaired) electrons. The van der Waals surface area contributed by atoms with Crippen molar-refractivity contribution < 1.29 is 23.8 Å². The van der Waals surface area contributed by atoms with Crippen LogP contribution < -0.4 is 0 Å². The fraction of sp³-hybridized carbons (Fsp3) is 0.500. The number of rotatable bonds is 2. The second-order valence-corrected chi connectivity index (χ2v) is 6.49. The molecule has 2 rings (SSSR count). The average Bonchev–Trinajstić information content (AvgIpc) is 2.77. The van der Waals surface area contributed by atoms with Crippen molar-refractivity contribution in [2.24, 2.45) is 0 Å². The second kappa shape index (κ2) is 5.59. The molecule has 6 heteroatoms. The van der Waals surface area contributed by atoms with Gasteiger partial charge in [0, 0.05) is 12.5 Å². The van der Waals surface area contributed by atoms with Gasteiger partial charge in [-0.2, -0.15) is 0 Å². The number of carbonyl (C=O) groups is 2. The van der Waals surface area contributed by atoms with Gasteiger partial charge in [0.15, 0.2) is 0 Å². The number of hydrogen-bond donors (Lipinski definition) is 1. The molecule has 1 amide bonds. The van der Waals surface area contributed by atoms with Crippen molar-refractivity contribution in [3.8, 4) is 0 Å². The summed E-state index contributed by atoms with van der Waals surface area (Å²) in [4.78, 5) is 24.6. The number of ether oxygens (including phenoxy) is 1. The first-order valence-electron chi connectivity index (χ1n) is 7.08. The first-order chi connectivity index (χ1) is 10.1. The molecule has 5 nitrogen and oxygen atoms in total. The van der Waals surface area contributed by atoms with E-state index in [9.17, 15) is 19.1 Å². The van der Waals surface area contributed by atoms with Crippen LogP contribution in [0.4, 0.5) is 9.18 Å². The van der Waals surface area contributed by atoms with E-state index in [1.54, 1.807) is 51.1 Å². The maximum absolute atomic E-state index is 15.0. The first-order valence-corrected chi connectivity index (χ1v) is 7.08. The molecule has 2 atom stereocenters. The zero-order valence-electron chi connectivity index (χ0n) is 12.9. The van der Waals surface area contributed by atoms with Gasteiger partial charge in [-0.1, -0.05) is 30.3 Å². The second-order valence-electron chi connectivity index (χ2n) is 6.49. The van der Waals surface area contributed by atoms with Gasteiger partial charge in [0.25, 0.3) is 0 Å². The lowest BCUT2D eigenvalue weighted by molar-refractivity contribution is -0.150. The Labute approximate surface area is 128 Å². The molecule has 1 aliphatic heterocycles. The van der Waals surface area contributed by atoms with Gasteiger partial charge < -0.3 is 14.7 Å². The van der Waals surface area contributed by atoms with Crippen LogP contribution in [0.15, 0.2) is 30.3 Å². The van der Waals surface area contributed by atoms with E-state index < -0.39 is 35.8 Å². The Morgan fingerprint density at radius 2 is 1.91 bits per heavy atom. The third kappa shape index (κ3) is 3.21. The van der Waals surface area contributed by atoms with E-state index in [1.165, 1.54) is 0 Å². The van der Waals surface area contributed by atoms with E-state index in [2.05, 4.69) is 0 Å². The summed E-state index contributed by atoms with van der Waals surface area (Å²) >= 11 is 0. The molecule has 0 saturated carbocycles. The molecule has 1 aromatic carbocycles. The Balaban J connectivity index is 2.27. The molecule has 0 spiro atoms. The largest absolute Gasteiger partial charge is 0.479 e. The number of halogens is 1. The predicted octanol–water partition coefficient (Wildman–Crippen LogP) is 2.81. The molecule has 0 bridgehead atoms. The summed E-state index contributed by atoms with van der Waals surface area (Å²) in [7, 11) is 0. The summed E-state index contributed by atoms with van der Waals surface area (Å²) in [6, 6.07) is 8.54. The van der Waals surface area contributed by atoms with Gasteiger partial charge in [-0.05, 0) is 26.3 Å². The van der Waals surface area contributed by atoms with Crippen molar-refractivity contribution in [2.75, 3.05) is 13.1 Å². The topological polar surface area (TPSA) is 66.8 Å². The average molecular weight is 309 g/mol. The molecule has 1 N–H and O–H groups in total. The molecule has 1 aliphatic rings. The van der Waals surface area contributed by atoms with Crippen molar-refractivity contribution in [3.05, 3.63) is 35.9 Å². The van der Waals surface area contributed by atoms with Crippen LogP contribution in [0.2, 0.25) is 0 Å². The smallest absolute Gasteiger partial charge is 0.410 e. The molecular weight excluding hydrogens is 289 g/mol. The standard InChI is InChI=1S/C16H20FNO4/c1-15(2,3)22-14(21)18-9-12(11-7-5-4-6-8-11)16(17,10-18)13(19)20/h4-8,12H,9-10H2,1-3H3,(H,19,20). The monoisotopic (exact) mass is 309 g/mol. The van der Waals surface area contributed by atoms with Crippen LogP contribution in [-0.4, -0.2) is 46.4 Å². The Morgan fingerprint density at radius 3 is 2.41 bits per heavy atom. The Morgan fingerprint density at radius 1 is 1.32 bits per heavy atom. The SMILES string of the molecule is CC(C)(C)OC(=O)N1CC(c2ccccc2)C(F)(C(=O)O)C1. The summed E-state index contributed by atoms with van der Waals surface area (Å²) in [6.45, 7) is 4.57. The maximum atomic E-state index is 15.0. The van der Waals surface area contributed by atoms with Crippen molar-refractivity contribution in [3.63, 3.8) is 0 Å². The minimum Gasteiger partial charge on any atom is -0.479 e. The van der Waals surface area contributed by atoms with Gasteiger partial charge in [-0.3, -0.25) is 0 Å². The van der Waals surface area contributed by atoms with Crippen LogP contribution in [0.3, 0.4) is 0 Å². The zero-order chi connectivity index (χ0) is 16.5. The van der Waals surface area contributed by atoms with Crippen molar-refractivity contribution in [1.82, 2.24) is 4.90 Å². The van der Waals surface area contributed by atoms with Gasteiger partial charge in [0.05, 0.1) is 6.54 Å². The Kier molecular flexibility index (Phi) is 4.13. The summed E-state index contributed by atoms with van der Waals surface area (Å²) in [5.74, 6) is -2.48. The number of likely N-dealkylation sites (tertiary alicyclic amines) is 1. The number of benzene rings is 1. The highest BCUT2D eigenvalue weighted by molar-refractivity contribution is 5.82. The van der Waals surface area contributed by atoms with E-state index in [4.69, 9.17) is 4.74 Å². The number of carboxylic acid groups (broad SMARTS) is 1. The Bertz CT molecular complexity index is 569. The van der Waals surface area contributed by atoms with Gasteiger partial charge >= 0.3 is 12.1 Å². The first kappa shape index (κ1) is 16.3.